The van der Waals surface area contributed by atoms with Gasteiger partial charge in [-0.15, -0.1) is 0 Å². The SMILES string of the molecule is O/N=C/c1c(F)ccc2c1OCO2. The number of ether oxygens (including phenoxy) is 2. The lowest BCUT2D eigenvalue weighted by atomic mass is 10.2. The fraction of sp³-hybridized carbons (Fsp3) is 0.125. The molecule has 0 saturated carbocycles. The molecule has 1 heterocycles. The molecule has 1 aliphatic rings. The summed E-state index contributed by atoms with van der Waals surface area (Å²) in [5.74, 6) is 0.219. The van der Waals surface area contributed by atoms with E-state index >= 15 is 0 Å². The van der Waals surface area contributed by atoms with Crippen LogP contribution in [0.4, 0.5) is 4.39 Å². The molecule has 0 fully saturated rings. The van der Waals surface area contributed by atoms with Crippen molar-refractivity contribution in [3.8, 4) is 11.5 Å². The molecule has 0 aliphatic carbocycles. The molecule has 13 heavy (non-hydrogen) atoms. The van der Waals surface area contributed by atoms with Gasteiger partial charge < -0.3 is 14.7 Å². The topological polar surface area (TPSA) is 51.1 Å². The maximum absolute atomic E-state index is 13.1. The van der Waals surface area contributed by atoms with E-state index in [0.717, 1.165) is 6.21 Å². The Morgan fingerprint density at radius 1 is 1.46 bits per heavy atom. The monoisotopic (exact) mass is 183 g/mol. The van der Waals surface area contributed by atoms with Crippen molar-refractivity contribution in [1.29, 1.82) is 0 Å². The molecule has 0 radical (unpaired) electrons. The van der Waals surface area contributed by atoms with Gasteiger partial charge in [-0.25, -0.2) is 4.39 Å². The van der Waals surface area contributed by atoms with Gasteiger partial charge in [-0.3, -0.25) is 0 Å². The van der Waals surface area contributed by atoms with Crippen molar-refractivity contribution in [3.63, 3.8) is 0 Å². The van der Waals surface area contributed by atoms with E-state index in [1.807, 2.05) is 0 Å². The van der Waals surface area contributed by atoms with Gasteiger partial charge in [-0.1, -0.05) is 5.16 Å². The molecule has 4 nitrogen and oxygen atoms in total. The van der Waals surface area contributed by atoms with Gasteiger partial charge in [0.1, 0.15) is 5.82 Å². The van der Waals surface area contributed by atoms with Crippen LogP contribution >= 0.6 is 0 Å². The highest BCUT2D eigenvalue weighted by atomic mass is 19.1. The van der Waals surface area contributed by atoms with E-state index in [0.29, 0.717) is 5.75 Å². The van der Waals surface area contributed by atoms with E-state index in [1.54, 1.807) is 0 Å². The first-order valence-corrected chi connectivity index (χ1v) is 3.58. The summed E-state index contributed by atoms with van der Waals surface area (Å²) in [6, 6.07) is 2.69. The second kappa shape index (κ2) is 2.93. The minimum atomic E-state index is -0.512. The zero-order valence-corrected chi connectivity index (χ0v) is 6.53. The molecule has 0 spiro atoms. The van der Waals surface area contributed by atoms with Crippen molar-refractivity contribution in [3.05, 3.63) is 23.5 Å². The summed E-state index contributed by atoms with van der Waals surface area (Å²) in [4.78, 5) is 0. The smallest absolute Gasteiger partial charge is 0.231 e. The third kappa shape index (κ3) is 1.18. The molecular weight excluding hydrogens is 177 g/mol. The Labute approximate surface area is 73.2 Å². The van der Waals surface area contributed by atoms with E-state index in [-0.39, 0.29) is 18.1 Å². The van der Waals surface area contributed by atoms with Crippen molar-refractivity contribution in [2.45, 2.75) is 0 Å². The Hall–Kier alpha value is -1.78. The number of fused-ring (bicyclic) bond motifs is 1. The lowest BCUT2D eigenvalue weighted by molar-refractivity contribution is 0.173. The second-order valence-corrected chi connectivity index (χ2v) is 2.44. The average Bonchev–Trinajstić information content (AvgIpc) is 2.58. The van der Waals surface area contributed by atoms with Gasteiger partial charge in [-0.05, 0) is 12.1 Å². The standard InChI is InChI=1S/C8H6FNO3/c9-6-1-2-7-8(13-4-12-7)5(6)3-10-11/h1-3,11H,4H2/b10-3+. The third-order valence-electron chi connectivity index (χ3n) is 1.71. The van der Waals surface area contributed by atoms with Crippen molar-refractivity contribution in [1.82, 2.24) is 0 Å². The highest BCUT2D eigenvalue weighted by Crippen LogP contribution is 2.35. The summed E-state index contributed by atoms with van der Waals surface area (Å²) < 4.78 is 23.1. The zero-order valence-electron chi connectivity index (χ0n) is 6.53. The van der Waals surface area contributed by atoms with Crippen LogP contribution in [0.15, 0.2) is 17.3 Å². The lowest BCUT2D eigenvalue weighted by Crippen LogP contribution is -1.95. The Morgan fingerprint density at radius 3 is 3.08 bits per heavy atom. The molecule has 1 aromatic rings. The van der Waals surface area contributed by atoms with Crippen LogP contribution in [0, 0.1) is 5.82 Å². The predicted octanol–water partition coefficient (Wildman–Crippen LogP) is 1.36. The number of hydrogen-bond donors (Lipinski definition) is 1. The van der Waals surface area contributed by atoms with Crippen LogP contribution in [0.3, 0.4) is 0 Å². The van der Waals surface area contributed by atoms with Gasteiger partial charge in [0.25, 0.3) is 0 Å². The molecule has 2 rings (SSSR count). The molecule has 1 aromatic carbocycles. The quantitative estimate of drug-likeness (QED) is 0.406. The van der Waals surface area contributed by atoms with Crippen LogP contribution in [0.1, 0.15) is 5.56 Å². The second-order valence-electron chi connectivity index (χ2n) is 2.44. The molecule has 0 aromatic heterocycles. The van der Waals surface area contributed by atoms with Gasteiger partial charge in [0, 0.05) is 0 Å². The summed E-state index contributed by atoms with van der Waals surface area (Å²) in [6.45, 7) is 0.0606. The maximum atomic E-state index is 13.1. The van der Waals surface area contributed by atoms with E-state index in [2.05, 4.69) is 5.16 Å². The number of rotatable bonds is 1. The molecule has 0 atom stereocenters. The first-order chi connectivity index (χ1) is 6.33. The molecule has 0 amide bonds. The fourth-order valence-electron chi connectivity index (χ4n) is 1.15. The summed E-state index contributed by atoms with van der Waals surface area (Å²) in [6.07, 6.45) is 0.975. The minimum absolute atomic E-state index is 0.0606. The highest BCUT2D eigenvalue weighted by molar-refractivity contribution is 5.85. The highest BCUT2D eigenvalue weighted by Gasteiger charge is 2.19. The van der Waals surface area contributed by atoms with Gasteiger partial charge >= 0.3 is 0 Å². The summed E-state index contributed by atoms with van der Waals surface area (Å²) >= 11 is 0. The largest absolute Gasteiger partial charge is 0.454 e. The lowest BCUT2D eigenvalue weighted by Gasteiger charge is -2.00. The number of benzene rings is 1. The molecule has 0 unspecified atom stereocenters. The Kier molecular flexibility index (Phi) is 1.77. The Morgan fingerprint density at radius 2 is 2.31 bits per heavy atom. The molecular formula is C8H6FNO3. The van der Waals surface area contributed by atoms with Crippen molar-refractivity contribution >= 4 is 6.21 Å². The van der Waals surface area contributed by atoms with Gasteiger partial charge in [0.15, 0.2) is 11.5 Å². The Bertz CT molecular complexity index is 365. The zero-order chi connectivity index (χ0) is 9.26. The van der Waals surface area contributed by atoms with Crippen LogP contribution in [0.25, 0.3) is 0 Å². The maximum Gasteiger partial charge on any atom is 0.231 e. The summed E-state index contributed by atoms with van der Waals surface area (Å²) in [5.41, 5.74) is 0.0949. The van der Waals surface area contributed by atoms with Gasteiger partial charge in [0.2, 0.25) is 6.79 Å². The molecule has 0 bridgehead atoms. The minimum Gasteiger partial charge on any atom is -0.454 e. The summed E-state index contributed by atoms with van der Waals surface area (Å²) in [5, 5.41) is 11.0. The number of nitrogens with zero attached hydrogens (tertiary/aromatic N) is 1. The van der Waals surface area contributed by atoms with Crippen LogP contribution < -0.4 is 9.47 Å². The van der Waals surface area contributed by atoms with Crippen LogP contribution in [0.5, 0.6) is 11.5 Å². The fourth-order valence-corrected chi connectivity index (χ4v) is 1.15. The molecule has 1 N–H and O–H groups in total. The number of hydrogen-bond acceptors (Lipinski definition) is 4. The van der Waals surface area contributed by atoms with Crippen LogP contribution in [0.2, 0.25) is 0 Å². The first kappa shape index (κ1) is 7.85. The number of oxime groups is 1. The molecule has 68 valence electrons. The van der Waals surface area contributed by atoms with E-state index in [4.69, 9.17) is 14.7 Å². The Balaban J connectivity index is 2.58. The number of halogens is 1. The van der Waals surface area contributed by atoms with Crippen molar-refractivity contribution < 1.29 is 19.1 Å². The van der Waals surface area contributed by atoms with Gasteiger partial charge in [0.05, 0.1) is 11.8 Å². The van der Waals surface area contributed by atoms with E-state index in [9.17, 15) is 4.39 Å². The van der Waals surface area contributed by atoms with E-state index in [1.165, 1.54) is 12.1 Å². The predicted molar refractivity (Wildman–Crippen MR) is 41.9 cm³/mol. The molecule has 5 heteroatoms. The molecule has 0 saturated heterocycles. The summed E-state index contributed by atoms with van der Waals surface area (Å²) in [7, 11) is 0. The average molecular weight is 183 g/mol. The third-order valence-corrected chi connectivity index (χ3v) is 1.71. The van der Waals surface area contributed by atoms with Crippen molar-refractivity contribution in [2.75, 3.05) is 6.79 Å². The van der Waals surface area contributed by atoms with E-state index < -0.39 is 5.82 Å². The van der Waals surface area contributed by atoms with Gasteiger partial charge in [-0.2, -0.15) is 0 Å². The van der Waals surface area contributed by atoms with Crippen LogP contribution in [-0.2, 0) is 0 Å². The molecule has 1 aliphatic heterocycles. The first-order valence-electron chi connectivity index (χ1n) is 3.58. The van der Waals surface area contributed by atoms with Crippen LogP contribution in [-0.4, -0.2) is 18.2 Å². The normalized spacial score (nSPS) is 13.9. The van der Waals surface area contributed by atoms with Crippen molar-refractivity contribution in [2.24, 2.45) is 5.16 Å².